The molecule has 0 spiro atoms. The van der Waals surface area contributed by atoms with E-state index in [1.54, 1.807) is 0 Å². The molecule has 4 nitrogen and oxygen atoms in total. The highest BCUT2D eigenvalue weighted by Gasteiger charge is 2.32. The second-order valence-corrected chi connectivity index (χ2v) is 4.42. The van der Waals surface area contributed by atoms with E-state index in [2.05, 4.69) is 15.6 Å². The fraction of sp³-hybridized carbons (Fsp3) is 0.500. The van der Waals surface area contributed by atoms with Crippen LogP contribution in [-0.2, 0) is 11.0 Å². The molecular formula is C12H14F3N3O. The van der Waals surface area contributed by atoms with Gasteiger partial charge < -0.3 is 10.6 Å². The molecule has 1 fully saturated rings. The highest BCUT2D eigenvalue weighted by Crippen LogP contribution is 2.27. The molecule has 0 aliphatic carbocycles. The van der Waals surface area contributed by atoms with E-state index in [0.29, 0.717) is 0 Å². The maximum absolute atomic E-state index is 12.3. The number of alkyl halides is 3. The first-order valence-corrected chi connectivity index (χ1v) is 6.04. The number of pyridine rings is 1. The van der Waals surface area contributed by atoms with Crippen molar-refractivity contribution in [3.8, 4) is 0 Å². The van der Waals surface area contributed by atoms with Gasteiger partial charge in [0, 0.05) is 0 Å². The molecule has 1 atom stereocenters. The van der Waals surface area contributed by atoms with Crippen LogP contribution in [0.1, 0.15) is 25.0 Å². The van der Waals surface area contributed by atoms with Crippen molar-refractivity contribution < 1.29 is 18.0 Å². The van der Waals surface area contributed by atoms with Crippen LogP contribution in [0, 0.1) is 0 Å². The Bertz CT molecular complexity index is 439. The first-order valence-electron chi connectivity index (χ1n) is 6.04. The summed E-state index contributed by atoms with van der Waals surface area (Å²) in [4.78, 5) is 15.1. The lowest BCUT2D eigenvalue weighted by Crippen LogP contribution is -2.43. The van der Waals surface area contributed by atoms with Gasteiger partial charge in [0.15, 0.2) is 0 Å². The molecule has 1 aromatic rings. The molecule has 2 rings (SSSR count). The van der Waals surface area contributed by atoms with Crippen molar-refractivity contribution in [2.45, 2.75) is 31.5 Å². The van der Waals surface area contributed by atoms with Gasteiger partial charge in [-0.3, -0.25) is 4.79 Å². The van der Waals surface area contributed by atoms with E-state index in [9.17, 15) is 18.0 Å². The van der Waals surface area contributed by atoms with Gasteiger partial charge in [0.25, 0.3) is 0 Å². The molecule has 0 aromatic carbocycles. The minimum absolute atomic E-state index is 0.235. The average molecular weight is 273 g/mol. The van der Waals surface area contributed by atoms with E-state index in [0.717, 1.165) is 38.1 Å². The van der Waals surface area contributed by atoms with Gasteiger partial charge in [0.1, 0.15) is 5.69 Å². The Labute approximate surface area is 108 Å². The molecule has 1 saturated heterocycles. The van der Waals surface area contributed by atoms with E-state index in [1.165, 1.54) is 6.07 Å². The number of aromatic nitrogens is 1. The first kappa shape index (κ1) is 13.8. The fourth-order valence-electron chi connectivity index (χ4n) is 1.94. The van der Waals surface area contributed by atoms with Crippen LogP contribution in [0.15, 0.2) is 18.3 Å². The molecule has 1 aromatic heterocycles. The smallest absolute Gasteiger partial charge is 0.323 e. The highest BCUT2D eigenvalue weighted by molar-refractivity contribution is 5.94. The zero-order valence-electron chi connectivity index (χ0n) is 10.1. The fourth-order valence-corrected chi connectivity index (χ4v) is 1.94. The average Bonchev–Trinajstić information content (AvgIpc) is 2.39. The van der Waals surface area contributed by atoms with Gasteiger partial charge in [-0.25, -0.2) is 4.98 Å². The van der Waals surface area contributed by atoms with E-state index in [4.69, 9.17) is 0 Å². The van der Waals surface area contributed by atoms with Gasteiger partial charge in [-0.2, -0.15) is 13.2 Å². The zero-order chi connectivity index (χ0) is 13.9. The number of hydrogen-bond donors (Lipinski definition) is 2. The molecular weight excluding hydrogens is 259 g/mol. The highest BCUT2D eigenvalue weighted by atomic mass is 19.4. The Kier molecular flexibility index (Phi) is 4.04. The number of piperidine rings is 1. The minimum atomic E-state index is -4.46. The van der Waals surface area contributed by atoms with Gasteiger partial charge in [-0.05, 0) is 31.5 Å². The van der Waals surface area contributed by atoms with Gasteiger partial charge in [-0.1, -0.05) is 6.42 Å². The van der Waals surface area contributed by atoms with Crippen LogP contribution in [0.3, 0.4) is 0 Å². The molecule has 1 aliphatic heterocycles. The molecule has 2 N–H and O–H groups in total. The molecule has 1 unspecified atom stereocenters. The molecule has 0 saturated carbocycles. The normalized spacial score (nSPS) is 20.1. The Hall–Kier alpha value is -1.63. The first-order chi connectivity index (χ1) is 8.97. The topological polar surface area (TPSA) is 54.0 Å². The van der Waals surface area contributed by atoms with Crippen molar-refractivity contribution in [1.82, 2.24) is 10.3 Å². The van der Waals surface area contributed by atoms with Crippen LogP contribution in [0.5, 0.6) is 0 Å². The Balaban J connectivity index is 1.97. The predicted molar refractivity (Wildman–Crippen MR) is 63.5 cm³/mol. The second-order valence-electron chi connectivity index (χ2n) is 4.42. The van der Waals surface area contributed by atoms with Gasteiger partial charge in [0.2, 0.25) is 5.91 Å². The molecule has 1 aliphatic rings. The van der Waals surface area contributed by atoms with Crippen LogP contribution in [0.25, 0.3) is 0 Å². The molecule has 0 bridgehead atoms. The summed E-state index contributed by atoms with van der Waals surface area (Å²) in [5.74, 6) is -0.235. The number of nitrogens with one attached hydrogen (secondary N) is 2. The molecule has 19 heavy (non-hydrogen) atoms. The Morgan fingerprint density at radius 1 is 1.37 bits per heavy atom. The largest absolute Gasteiger partial charge is 0.433 e. The molecule has 7 heteroatoms. The summed E-state index contributed by atoms with van der Waals surface area (Å²) >= 11 is 0. The van der Waals surface area contributed by atoms with Crippen LogP contribution in [0.4, 0.5) is 18.9 Å². The summed E-state index contributed by atoms with van der Waals surface area (Å²) in [7, 11) is 0. The van der Waals surface area contributed by atoms with Gasteiger partial charge in [-0.15, -0.1) is 0 Å². The molecule has 1 amide bonds. The maximum Gasteiger partial charge on any atom is 0.433 e. The van der Waals surface area contributed by atoms with Gasteiger partial charge in [0.05, 0.1) is 17.9 Å². The van der Waals surface area contributed by atoms with E-state index >= 15 is 0 Å². The quantitative estimate of drug-likeness (QED) is 0.868. The summed E-state index contributed by atoms with van der Waals surface area (Å²) in [5.41, 5.74) is -0.702. The third kappa shape index (κ3) is 3.66. The number of anilines is 1. The Morgan fingerprint density at radius 2 is 2.16 bits per heavy atom. The summed E-state index contributed by atoms with van der Waals surface area (Å²) in [6, 6.07) is 1.77. The van der Waals surface area contributed by atoms with Crippen molar-refractivity contribution in [3.05, 3.63) is 24.0 Å². The van der Waals surface area contributed by atoms with E-state index in [-0.39, 0.29) is 17.6 Å². The monoisotopic (exact) mass is 273 g/mol. The minimum Gasteiger partial charge on any atom is -0.323 e. The van der Waals surface area contributed by atoms with Crippen molar-refractivity contribution in [3.63, 3.8) is 0 Å². The number of halogens is 3. The lowest BCUT2D eigenvalue weighted by Gasteiger charge is -2.22. The zero-order valence-corrected chi connectivity index (χ0v) is 10.1. The maximum atomic E-state index is 12.3. The number of amides is 1. The van der Waals surface area contributed by atoms with Crippen molar-refractivity contribution >= 4 is 11.6 Å². The summed E-state index contributed by atoms with van der Waals surface area (Å²) < 4.78 is 36.9. The third-order valence-corrected chi connectivity index (χ3v) is 2.95. The lowest BCUT2D eigenvalue weighted by atomic mass is 10.0. The Morgan fingerprint density at radius 3 is 2.68 bits per heavy atom. The van der Waals surface area contributed by atoms with Crippen LogP contribution >= 0.6 is 0 Å². The van der Waals surface area contributed by atoms with Crippen molar-refractivity contribution in [2.24, 2.45) is 0 Å². The number of nitrogens with zero attached hydrogens (tertiary/aromatic N) is 1. The van der Waals surface area contributed by atoms with E-state index < -0.39 is 11.9 Å². The summed E-state index contributed by atoms with van der Waals surface area (Å²) in [6.45, 7) is 0.781. The number of carbonyl (C=O) groups is 1. The second kappa shape index (κ2) is 5.56. The SMILES string of the molecule is O=C(Nc1ccc(C(F)(F)F)nc1)C1CCCCN1. The van der Waals surface area contributed by atoms with Crippen LogP contribution < -0.4 is 10.6 Å². The van der Waals surface area contributed by atoms with Crippen molar-refractivity contribution in [2.75, 3.05) is 11.9 Å². The van der Waals surface area contributed by atoms with Crippen molar-refractivity contribution in [1.29, 1.82) is 0 Å². The number of carbonyl (C=O) groups excluding carboxylic acids is 1. The molecule has 104 valence electrons. The number of rotatable bonds is 2. The standard InChI is InChI=1S/C12H14F3N3O/c13-12(14,15)10-5-4-8(7-17-10)18-11(19)9-3-1-2-6-16-9/h4-5,7,9,16H,1-3,6H2,(H,18,19). The predicted octanol–water partition coefficient (Wildman–Crippen LogP) is 2.18. The summed E-state index contributed by atoms with van der Waals surface area (Å²) in [6.07, 6.45) is -0.709. The van der Waals surface area contributed by atoms with Crippen LogP contribution in [-0.4, -0.2) is 23.5 Å². The van der Waals surface area contributed by atoms with Crippen LogP contribution in [0.2, 0.25) is 0 Å². The lowest BCUT2D eigenvalue weighted by molar-refractivity contribution is -0.141. The third-order valence-electron chi connectivity index (χ3n) is 2.95. The van der Waals surface area contributed by atoms with Gasteiger partial charge >= 0.3 is 6.18 Å². The molecule has 2 heterocycles. The number of hydrogen-bond acceptors (Lipinski definition) is 3. The van der Waals surface area contributed by atoms with E-state index in [1.807, 2.05) is 0 Å². The summed E-state index contributed by atoms with van der Waals surface area (Å²) in [5, 5.41) is 5.62. The molecule has 0 radical (unpaired) electrons.